The number of aryl methyl sites for hydroxylation is 2. The van der Waals surface area contributed by atoms with Gasteiger partial charge < -0.3 is 14.8 Å². The summed E-state index contributed by atoms with van der Waals surface area (Å²) in [5.74, 6) is 0.405. The number of anilines is 1. The van der Waals surface area contributed by atoms with E-state index in [-0.39, 0.29) is 17.8 Å². The minimum atomic E-state index is -0.385. The van der Waals surface area contributed by atoms with Gasteiger partial charge in [0.2, 0.25) is 0 Å². The summed E-state index contributed by atoms with van der Waals surface area (Å²) >= 11 is 1.50. The lowest BCUT2D eigenvalue weighted by Crippen LogP contribution is -2.16. The van der Waals surface area contributed by atoms with E-state index in [1.165, 1.54) is 23.3 Å². The molecule has 150 valence electrons. The quantitative estimate of drug-likeness (QED) is 0.708. The van der Waals surface area contributed by atoms with Gasteiger partial charge in [-0.3, -0.25) is 4.79 Å². The maximum absolute atomic E-state index is 13.1. The van der Waals surface area contributed by atoms with E-state index in [0.717, 1.165) is 48.1 Å². The van der Waals surface area contributed by atoms with Crippen LogP contribution in [0.4, 0.5) is 5.00 Å². The maximum atomic E-state index is 13.1. The molecule has 1 amide bonds. The third kappa shape index (κ3) is 3.78. The van der Waals surface area contributed by atoms with Crippen LogP contribution in [-0.4, -0.2) is 26.1 Å². The molecule has 1 aliphatic carbocycles. The lowest BCUT2D eigenvalue weighted by atomic mass is 9.95. The van der Waals surface area contributed by atoms with Gasteiger partial charge in [-0.05, 0) is 67.3 Å². The molecule has 0 aliphatic heterocycles. The number of carbonyl (C=O) groups excluding carboxylic acids is 2. The van der Waals surface area contributed by atoms with Gasteiger partial charge in [0.15, 0.2) is 0 Å². The Morgan fingerprint density at radius 2 is 1.86 bits per heavy atom. The number of rotatable bonds is 5. The molecule has 1 heterocycles. The third-order valence-corrected chi connectivity index (χ3v) is 6.44. The average Bonchev–Trinajstić information content (AvgIpc) is 3.04. The number of carbonyl (C=O) groups is 2. The van der Waals surface area contributed by atoms with E-state index in [1.807, 2.05) is 19.1 Å². The summed E-state index contributed by atoms with van der Waals surface area (Å²) in [5.41, 5.74) is 3.96. The van der Waals surface area contributed by atoms with Crippen molar-refractivity contribution >= 4 is 28.2 Å². The predicted molar refractivity (Wildman–Crippen MR) is 112 cm³/mol. The number of thiophene rings is 1. The van der Waals surface area contributed by atoms with E-state index < -0.39 is 0 Å². The van der Waals surface area contributed by atoms with Gasteiger partial charge in [-0.25, -0.2) is 4.79 Å². The van der Waals surface area contributed by atoms with Crippen molar-refractivity contribution < 1.29 is 19.1 Å². The van der Waals surface area contributed by atoms with Gasteiger partial charge in [0, 0.05) is 10.4 Å². The number of methoxy groups -OCH3 is 2. The van der Waals surface area contributed by atoms with Crippen LogP contribution in [0.3, 0.4) is 0 Å². The molecule has 0 spiro atoms. The first-order chi connectivity index (χ1) is 13.4. The molecule has 0 unspecified atom stereocenters. The highest BCUT2D eigenvalue weighted by atomic mass is 32.1. The first-order valence-corrected chi connectivity index (χ1v) is 10.4. The van der Waals surface area contributed by atoms with Crippen LogP contribution in [-0.2, 0) is 17.6 Å². The number of benzene rings is 1. The molecule has 0 fully saturated rings. The Morgan fingerprint density at radius 1 is 1.14 bits per heavy atom. The van der Waals surface area contributed by atoms with E-state index in [0.29, 0.717) is 16.1 Å². The SMILES string of the molecule is COC(=O)c1c(NC(=O)c2cc(C(C)C)c(OC)cc2C)sc2c1CCCC2. The van der Waals surface area contributed by atoms with Crippen molar-refractivity contribution in [2.45, 2.75) is 52.4 Å². The number of fused-ring (bicyclic) bond motifs is 1. The molecule has 28 heavy (non-hydrogen) atoms. The minimum Gasteiger partial charge on any atom is -0.496 e. The molecule has 0 bridgehead atoms. The van der Waals surface area contributed by atoms with Crippen molar-refractivity contribution in [1.82, 2.24) is 0 Å². The van der Waals surface area contributed by atoms with Crippen molar-refractivity contribution in [3.05, 3.63) is 44.8 Å². The van der Waals surface area contributed by atoms with Crippen LogP contribution >= 0.6 is 11.3 Å². The number of esters is 1. The molecule has 5 nitrogen and oxygen atoms in total. The van der Waals surface area contributed by atoms with Gasteiger partial charge in [-0.2, -0.15) is 0 Å². The van der Waals surface area contributed by atoms with Crippen LogP contribution in [0.25, 0.3) is 0 Å². The smallest absolute Gasteiger partial charge is 0.341 e. The molecule has 1 aromatic carbocycles. The zero-order valence-corrected chi connectivity index (χ0v) is 17.9. The summed E-state index contributed by atoms with van der Waals surface area (Å²) in [4.78, 5) is 26.7. The standard InChI is InChI=1S/C22H27NO4S/c1-12(2)15-11-16(13(3)10-17(15)26-4)20(24)23-21-19(22(25)27-5)14-8-6-7-9-18(14)28-21/h10-12H,6-9H2,1-5H3,(H,23,24). The van der Waals surface area contributed by atoms with Crippen molar-refractivity contribution in [2.75, 3.05) is 19.5 Å². The normalized spacial score (nSPS) is 13.2. The minimum absolute atomic E-state index is 0.217. The van der Waals surface area contributed by atoms with E-state index >= 15 is 0 Å². The fourth-order valence-corrected chi connectivity index (χ4v) is 4.99. The molecule has 0 saturated carbocycles. The molecule has 1 aromatic heterocycles. The zero-order valence-electron chi connectivity index (χ0n) is 17.1. The second-order valence-corrected chi connectivity index (χ2v) is 8.53. The summed E-state index contributed by atoms with van der Waals surface area (Å²) < 4.78 is 10.5. The lowest BCUT2D eigenvalue weighted by molar-refractivity contribution is 0.0601. The largest absolute Gasteiger partial charge is 0.496 e. The summed E-state index contributed by atoms with van der Waals surface area (Å²) in [6.07, 6.45) is 3.96. The van der Waals surface area contributed by atoms with Crippen molar-refractivity contribution in [3.63, 3.8) is 0 Å². The Morgan fingerprint density at radius 3 is 2.50 bits per heavy atom. The Labute approximate surface area is 170 Å². The number of hydrogen-bond acceptors (Lipinski definition) is 5. The van der Waals surface area contributed by atoms with Gasteiger partial charge in [-0.1, -0.05) is 13.8 Å². The van der Waals surface area contributed by atoms with E-state index in [9.17, 15) is 9.59 Å². The summed E-state index contributed by atoms with van der Waals surface area (Å²) in [6, 6.07) is 3.78. The first kappa shape index (κ1) is 20.4. The molecule has 0 radical (unpaired) electrons. The predicted octanol–water partition coefficient (Wildman–Crippen LogP) is 5.11. The monoisotopic (exact) mass is 401 g/mol. The highest BCUT2D eigenvalue weighted by Crippen LogP contribution is 2.39. The Kier molecular flexibility index (Phi) is 6.08. The van der Waals surface area contributed by atoms with Crippen molar-refractivity contribution in [2.24, 2.45) is 0 Å². The Hall–Kier alpha value is -2.34. The molecule has 1 aliphatic rings. The fourth-order valence-electron chi connectivity index (χ4n) is 3.71. The number of amides is 1. The molecular formula is C22H27NO4S. The molecule has 0 saturated heterocycles. The van der Waals surface area contributed by atoms with E-state index in [2.05, 4.69) is 19.2 Å². The average molecular weight is 402 g/mol. The molecular weight excluding hydrogens is 374 g/mol. The van der Waals surface area contributed by atoms with Gasteiger partial charge in [-0.15, -0.1) is 11.3 Å². The highest BCUT2D eigenvalue weighted by molar-refractivity contribution is 7.17. The van der Waals surface area contributed by atoms with Crippen LogP contribution < -0.4 is 10.1 Å². The molecule has 2 aromatic rings. The second-order valence-electron chi connectivity index (χ2n) is 7.42. The van der Waals surface area contributed by atoms with Crippen LogP contribution in [0.1, 0.15) is 74.9 Å². The van der Waals surface area contributed by atoms with Crippen molar-refractivity contribution in [3.8, 4) is 5.75 Å². The van der Waals surface area contributed by atoms with Crippen LogP contribution in [0.2, 0.25) is 0 Å². The van der Waals surface area contributed by atoms with Crippen LogP contribution in [0.15, 0.2) is 12.1 Å². The molecule has 6 heteroatoms. The molecule has 1 N–H and O–H groups in total. The maximum Gasteiger partial charge on any atom is 0.341 e. The van der Waals surface area contributed by atoms with Crippen LogP contribution in [0, 0.1) is 6.92 Å². The van der Waals surface area contributed by atoms with E-state index in [1.54, 1.807) is 7.11 Å². The number of ether oxygens (including phenoxy) is 2. The second kappa shape index (κ2) is 8.35. The Balaban J connectivity index is 1.99. The number of hydrogen-bond donors (Lipinski definition) is 1. The third-order valence-electron chi connectivity index (χ3n) is 5.23. The number of nitrogens with one attached hydrogen (secondary N) is 1. The van der Waals surface area contributed by atoms with Crippen molar-refractivity contribution in [1.29, 1.82) is 0 Å². The van der Waals surface area contributed by atoms with Gasteiger partial charge in [0.1, 0.15) is 10.8 Å². The first-order valence-electron chi connectivity index (χ1n) is 9.60. The van der Waals surface area contributed by atoms with Crippen LogP contribution in [0.5, 0.6) is 5.75 Å². The summed E-state index contributed by atoms with van der Waals surface area (Å²) in [7, 11) is 3.02. The fraction of sp³-hybridized carbons (Fsp3) is 0.455. The van der Waals surface area contributed by atoms with E-state index in [4.69, 9.17) is 9.47 Å². The molecule has 3 rings (SSSR count). The van der Waals surface area contributed by atoms with Gasteiger partial charge in [0.05, 0.1) is 19.8 Å². The Bertz CT molecular complexity index is 914. The van der Waals surface area contributed by atoms with Gasteiger partial charge in [0.25, 0.3) is 5.91 Å². The lowest BCUT2D eigenvalue weighted by Gasteiger charge is -2.16. The highest BCUT2D eigenvalue weighted by Gasteiger charge is 2.27. The molecule has 0 atom stereocenters. The zero-order chi connectivity index (χ0) is 20.4. The summed E-state index contributed by atoms with van der Waals surface area (Å²) in [5, 5.41) is 3.57. The summed E-state index contributed by atoms with van der Waals surface area (Å²) in [6.45, 7) is 6.03. The topological polar surface area (TPSA) is 64.6 Å². The van der Waals surface area contributed by atoms with Gasteiger partial charge >= 0.3 is 5.97 Å².